The summed E-state index contributed by atoms with van der Waals surface area (Å²) in [5.41, 5.74) is 7.20. The van der Waals surface area contributed by atoms with E-state index in [9.17, 15) is 5.11 Å². The third kappa shape index (κ3) is 6.74. The molecule has 6 heteroatoms. The van der Waals surface area contributed by atoms with Gasteiger partial charge in [-0.15, -0.1) is 24.8 Å². The Morgan fingerprint density at radius 1 is 1.31 bits per heavy atom. The molecule has 0 aliphatic rings. The number of nitrogens with two attached hydrogens (primary N) is 1. The van der Waals surface area contributed by atoms with Gasteiger partial charge in [0.25, 0.3) is 0 Å². The largest absolute Gasteiger partial charge is 0.399 e. The number of hydrogen-bond acceptors (Lipinski definition) is 4. The van der Waals surface area contributed by atoms with Gasteiger partial charge >= 0.3 is 0 Å². The van der Waals surface area contributed by atoms with Crippen molar-refractivity contribution in [2.75, 3.05) is 31.3 Å². The topological polar surface area (TPSA) is 67.5 Å². The van der Waals surface area contributed by atoms with Crippen molar-refractivity contribution < 1.29 is 9.84 Å². The molecule has 0 aromatic heterocycles. The maximum Gasteiger partial charge on any atom is 0.0945 e. The first-order chi connectivity index (χ1) is 6.72. The van der Waals surface area contributed by atoms with Crippen molar-refractivity contribution in [2.45, 2.75) is 6.10 Å². The van der Waals surface area contributed by atoms with Crippen molar-refractivity contribution >= 4 is 36.2 Å². The minimum Gasteiger partial charge on any atom is -0.399 e. The predicted molar refractivity (Wildman–Crippen MR) is 71.7 cm³/mol. The fraction of sp³-hybridized carbons (Fsp3) is 0.400. The second kappa shape index (κ2) is 9.54. The third-order valence-corrected chi connectivity index (χ3v) is 1.81. The zero-order valence-corrected chi connectivity index (χ0v) is 10.7. The van der Waals surface area contributed by atoms with Crippen molar-refractivity contribution in [3.8, 4) is 0 Å². The second-order valence-electron chi connectivity index (χ2n) is 3.11. The van der Waals surface area contributed by atoms with Crippen molar-refractivity contribution in [1.82, 2.24) is 0 Å². The lowest BCUT2D eigenvalue weighted by molar-refractivity contribution is 0.0727. The Labute approximate surface area is 108 Å². The first kappa shape index (κ1) is 17.7. The number of methoxy groups -OCH3 is 1. The number of rotatable bonds is 5. The highest BCUT2D eigenvalue weighted by molar-refractivity contribution is 5.85. The van der Waals surface area contributed by atoms with Crippen LogP contribution in [0.5, 0.6) is 0 Å². The van der Waals surface area contributed by atoms with Crippen molar-refractivity contribution in [1.29, 1.82) is 0 Å². The summed E-state index contributed by atoms with van der Waals surface area (Å²) in [6, 6.07) is 7.36. The smallest absolute Gasteiger partial charge is 0.0945 e. The molecule has 0 saturated heterocycles. The van der Waals surface area contributed by atoms with Crippen LogP contribution in [0.3, 0.4) is 0 Å². The number of nitrogen functional groups attached to an aromatic ring is 1. The Balaban J connectivity index is 0. The molecular weight excluding hydrogens is 251 g/mol. The number of aliphatic hydroxyl groups is 1. The van der Waals surface area contributed by atoms with Crippen LogP contribution >= 0.6 is 24.8 Å². The molecule has 1 unspecified atom stereocenters. The van der Waals surface area contributed by atoms with E-state index in [2.05, 4.69) is 5.32 Å². The lowest BCUT2D eigenvalue weighted by Gasteiger charge is -2.11. The van der Waals surface area contributed by atoms with E-state index in [1.165, 1.54) is 0 Å². The molecule has 0 aliphatic carbocycles. The van der Waals surface area contributed by atoms with Crippen LogP contribution in [0.2, 0.25) is 0 Å². The third-order valence-electron chi connectivity index (χ3n) is 1.81. The SMILES string of the molecule is COCC(O)CNc1ccc(N)cc1.Cl.Cl. The number of hydrogen-bond donors (Lipinski definition) is 3. The quantitative estimate of drug-likeness (QED) is 0.709. The number of aliphatic hydroxyl groups excluding tert-OH is 1. The Kier molecular flexibility index (Phi) is 10.6. The van der Waals surface area contributed by atoms with E-state index < -0.39 is 6.10 Å². The maximum atomic E-state index is 9.35. The van der Waals surface area contributed by atoms with Gasteiger partial charge in [0, 0.05) is 25.0 Å². The minimum absolute atomic E-state index is 0. The molecule has 1 atom stereocenters. The number of nitrogens with one attached hydrogen (secondary N) is 1. The summed E-state index contributed by atoms with van der Waals surface area (Å²) in [5, 5.41) is 12.4. The van der Waals surface area contributed by atoms with E-state index in [1.807, 2.05) is 24.3 Å². The molecule has 1 rings (SSSR count). The van der Waals surface area contributed by atoms with Crippen molar-refractivity contribution in [3.05, 3.63) is 24.3 Å². The Bertz CT molecular complexity index is 270. The highest BCUT2D eigenvalue weighted by Gasteiger charge is 2.01. The fourth-order valence-electron chi connectivity index (χ4n) is 1.09. The molecule has 16 heavy (non-hydrogen) atoms. The highest BCUT2D eigenvalue weighted by atomic mass is 35.5. The first-order valence-corrected chi connectivity index (χ1v) is 4.49. The average Bonchev–Trinajstić information content (AvgIpc) is 2.17. The van der Waals surface area contributed by atoms with Crippen LogP contribution < -0.4 is 11.1 Å². The van der Waals surface area contributed by atoms with E-state index in [-0.39, 0.29) is 24.8 Å². The second-order valence-corrected chi connectivity index (χ2v) is 3.11. The van der Waals surface area contributed by atoms with Crippen LogP contribution in [0.4, 0.5) is 11.4 Å². The predicted octanol–water partition coefficient (Wildman–Crippen LogP) is 1.53. The normalized spacial score (nSPS) is 10.9. The van der Waals surface area contributed by atoms with Gasteiger partial charge < -0.3 is 20.9 Å². The Morgan fingerprint density at radius 3 is 2.38 bits per heavy atom. The Hall–Kier alpha value is -0.680. The van der Waals surface area contributed by atoms with Gasteiger partial charge in [0.1, 0.15) is 0 Å². The average molecular weight is 269 g/mol. The molecule has 4 N–H and O–H groups in total. The van der Waals surface area contributed by atoms with Gasteiger partial charge in [-0.05, 0) is 24.3 Å². The molecule has 1 aromatic rings. The summed E-state index contributed by atoms with van der Waals surface area (Å²) in [5.74, 6) is 0. The van der Waals surface area contributed by atoms with Crippen LogP contribution in [0.25, 0.3) is 0 Å². The fourth-order valence-corrected chi connectivity index (χ4v) is 1.09. The van der Waals surface area contributed by atoms with E-state index in [0.29, 0.717) is 13.2 Å². The van der Waals surface area contributed by atoms with Gasteiger partial charge in [-0.1, -0.05) is 0 Å². The summed E-state index contributed by atoms with van der Waals surface area (Å²) in [6.07, 6.45) is -0.488. The van der Waals surface area contributed by atoms with E-state index in [1.54, 1.807) is 7.11 Å². The summed E-state index contributed by atoms with van der Waals surface area (Å²) in [7, 11) is 1.56. The van der Waals surface area contributed by atoms with Crippen LogP contribution in [0.15, 0.2) is 24.3 Å². The van der Waals surface area contributed by atoms with Crippen molar-refractivity contribution in [3.63, 3.8) is 0 Å². The summed E-state index contributed by atoms with van der Waals surface area (Å²) >= 11 is 0. The monoisotopic (exact) mass is 268 g/mol. The van der Waals surface area contributed by atoms with Gasteiger partial charge in [-0.3, -0.25) is 0 Å². The molecule has 94 valence electrons. The zero-order valence-electron chi connectivity index (χ0n) is 9.05. The molecule has 1 aromatic carbocycles. The Morgan fingerprint density at radius 2 is 1.88 bits per heavy atom. The zero-order chi connectivity index (χ0) is 10.4. The standard InChI is InChI=1S/C10H16N2O2.2ClH/c1-14-7-10(13)6-12-9-4-2-8(11)3-5-9;;/h2-5,10,12-13H,6-7,11H2,1H3;2*1H. The van der Waals surface area contributed by atoms with Crippen LogP contribution in [-0.4, -0.2) is 31.5 Å². The van der Waals surface area contributed by atoms with Gasteiger partial charge in [0.2, 0.25) is 0 Å². The lowest BCUT2D eigenvalue weighted by atomic mass is 10.2. The van der Waals surface area contributed by atoms with E-state index in [0.717, 1.165) is 11.4 Å². The number of anilines is 2. The van der Waals surface area contributed by atoms with Crippen molar-refractivity contribution in [2.24, 2.45) is 0 Å². The molecule has 0 saturated carbocycles. The molecule has 0 heterocycles. The molecule has 0 bridgehead atoms. The maximum absolute atomic E-state index is 9.35. The minimum atomic E-state index is -0.488. The van der Waals surface area contributed by atoms with Crippen LogP contribution in [-0.2, 0) is 4.74 Å². The number of halogens is 2. The van der Waals surface area contributed by atoms with Gasteiger partial charge in [-0.25, -0.2) is 0 Å². The van der Waals surface area contributed by atoms with E-state index >= 15 is 0 Å². The summed E-state index contributed by atoms with van der Waals surface area (Å²) in [6.45, 7) is 0.805. The van der Waals surface area contributed by atoms with E-state index in [4.69, 9.17) is 10.5 Å². The molecule has 0 amide bonds. The molecule has 0 aliphatic heterocycles. The van der Waals surface area contributed by atoms with Gasteiger partial charge in [0.05, 0.1) is 12.7 Å². The molecule has 0 radical (unpaired) electrons. The molecular formula is C10H18Cl2N2O2. The molecule has 0 spiro atoms. The van der Waals surface area contributed by atoms with Gasteiger partial charge in [-0.2, -0.15) is 0 Å². The first-order valence-electron chi connectivity index (χ1n) is 4.49. The number of ether oxygens (including phenoxy) is 1. The summed E-state index contributed by atoms with van der Waals surface area (Å²) in [4.78, 5) is 0. The summed E-state index contributed by atoms with van der Waals surface area (Å²) < 4.78 is 4.80. The molecule has 4 nitrogen and oxygen atoms in total. The molecule has 0 fully saturated rings. The van der Waals surface area contributed by atoms with Crippen LogP contribution in [0, 0.1) is 0 Å². The van der Waals surface area contributed by atoms with Gasteiger partial charge in [0.15, 0.2) is 0 Å². The highest BCUT2D eigenvalue weighted by Crippen LogP contribution is 2.10. The lowest BCUT2D eigenvalue weighted by Crippen LogP contribution is -2.24. The van der Waals surface area contributed by atoms with Crippen LogP contribution in [0.1, 0.15) is 0 Å². The number of benzene rings is 1.